The second-order valence-corrected chi connectivity index (χ2v) is 8.64. The molecule has 1 aromatic heterocycles. The second-order valence-electron chi connectivity index (χ2n) is 8.64. The van der Waals surface area contributed by atoms with Gasteiger partial charge in [-0.15, -0.1) is 0 Å². The van der Waals surface area contributed by atoms with E-state index in [2.05, 4.69) is 23.3 Å². The maximum Gasteiger partial charge on any atom is 0.255 e. The predicted molar refractivity (Wildman–Crippen MR) is 113 cm³/mol. The molecule has 4 unspecified atom stereocenters. The summed E-state index contributed by atoms with van der Waals surface area (Å²) in [6.45, 7) is 4.05. The molecule has 0 aliphatic heterocycles. The number of hydrogen-bond acceptors (Lipinski definition) is 4. The molecule has 5 heteroatoms. The summed E-state index contributed by atoms with van der Waals surface area (Å²) in [6.07, 6.45) is 5.56. The summed E-state index contributed by atoms with van der Waals surface area (Å²) in [5.41, 5.74) is 4.49. The second kappa shape index (κ2) is 7.88. The number of aliphatic hydroxyl groups excluding tert-OH is 2. The Morgan fingerprint density at radius 3 is 2.86 bits per heavy atom. The van der Waals surface area contributed by atoms with E-state index in [-0.39, 0.29) is 11.3 Å². The minimum atomic E-state index is -0.686. The van der Waals surface area contributed by atoms with Gasteiger partial charge in [0.15, 0.2) is 0 Å². The molecule has 4 rings (SSSR count). The van der Waals surface area contributed by atoms with Crippen LogP contribution in [0, 0.1) is 12.8 Å². The van der Waals surface area contributed by atoms with Crippen molar-refractivity contribution in [3.63, 3.8) is 0 Å². The van der Waals surface area contributed by atoms with Crippen molar-refractivity contribution in [2.45, 2.75) is 70.0 Å². The third kappa shape index (κ3) is 3.58. The van der Waals surface area contributed by atoms with Crippen molar-refractivity contribution in [2.75, 3.05) is 5.32 Å². The van der Waals surface area contributed by atoms with Gasteiger partial charge in [0.2, 0.25) is 0 Å². The Hall–Kier alpha value is -2.24. The first kappa shape index (κ1) is 20.0. The lowest BCUT2D eigenvalue weighted by Crippen LogP contribution is -2.48. The van der Waals surface area contributed by atoms with E-state index in [4.69, 9.17) is 0 Å². The number of anilines is 1. The summed E-state index contributed by atoms with van der Waals surface area (Å²) in [4.78, 5) is 17.1. The fourth-order valence-corrected chi connectivity index (χ4v) is 5.47. The lowest BCUT2D eigenvalue weighted by Gasteiger charge is -2.47. The van der Waals surface area contributed by atoms with Gasteiger partial charge in [-0.3, -0.25) is 9.78 Å². The number of rotatable bonds is 3. The van der Waals surface area contributed by atoms with Crippen LogP contribution < -0.4 is 5.32 Å². The molecule has 154 valence electrons. The fourth-order valence-electron chi connectivity index (χ4n) is 5.47. The van der Waals surface area contributed by atoms with E-state index < -0.39 is 12.2 Å². The smallest absolute Gasteiger partial charge is 0.255 e. The van der Waals surface area contributed by atoms with Gasteiger partial charge in [0.05, 0.1) is 23.6 Å². The van der Waals surface area contributed by atoms with Crippen LogP contribution in [0.2, 0.25) is 0 Å². The van der Waals surface area contributed by atoms with Crippen LogP contribution in [0.5, 0.6) is 0 Å². The molecule has 1 heterocycles. The van der Waals surface area contributed by atoms with Crippen LogP contribution >= 0.6 is 0 Å². The lowest BCUT2D eigenvalue weighted by atomic mass is 9.59. The van der Waals surface area contributed by atoms with Crippen LogP contribution in [0.3, 0.4) is 0 Å². The van der Waals surface area contributed by atoms with Crippen LogP contribution in [0.25, 0.3) is 0 Å². The number of pyridine rings is 1. The minimum Gasteiger partial charge on any atom is -0.390 e. The van der Waals surface area contributed by atoms with Crippen LogP contribution in [0.1, 0.15) is 66.2 Å². The number of amides is 1. The maximum atomic E-state index is 12.9. The maximum absolute atomic E-state index is 12.9. The third-order valence-electron chi connectivity index (χ3n) is 7.11. The van der Waals surface area contributed by atoms with Gasteiger partial charge in [-0.25, -0.2) is 0 Å². The molecule has 1 amide bonds. The summed E-state index contributed by atoms with van der Waals surface area (Å²) in [7, 11) is 0. The summed E-state index contributed by atoms with van der Waals surface area (Å²) in [5.74, 6) is 0.235. The molecule has 3 N–H and O–H groups in total. The molecular formula is C24H30N2O3. The highest BCUT2D eigenvalue weighted by Gasteiger charge is 2.48. The van der Waals surface area contributed by atoms with Crippen molar-refractivity contribution in [2.24, 2.45) is 5.92 Å². The quantitative estimate of drug-likeness (QED) is 0.740. The van der Waals surface area contributed by atoms with Crippen molar-refractivity contribution in [1.29, 1.82) is 0 Å². The van der Waals surface area contributed by atoms with Crippen LogP contribution in [0.4, 0.5) is 5.69 Å². The number of nitrogens with zero attached hydrogens (tertiary/aromatic N) is 1. The number of benzene rings is 1. The number of fused-ring (bicyclic) bond motifs is 3. The Kier molecular flexibility index (Phi) is 5.45. The molecule has 1 fully saturated rings. The zero-order valence-corrected chi connectivity index (χ0v) is 17.2. The van der Waals surface area contributed by atoms with Crippen molar-refractivity contribution < 1.29 is 15.0 Å². The molecule has 4 atom stereocenters. The zero-order chi connectivity index (χ0) is 20.6. The number of nitrogens with one attached hydrogen (secondary N) is 1. The molecule has 2 aliphatic rings. The monoisotopic (exact) mass is 394 g/mol. The molecule has 29 heavy (non-hydrogen) atoms. The zero-order valence-electron chi connectivity index (χ0n) is 17.2. The highest BCUT2D eigenvalue weighted by molar-refractivity contribution is 6.04. The van der Waals surface area contributed by atoms with Gasteiger partial charge in [-0.1, -0.05) is 13.0 Å². The van der Waals surface area contributed by atoms with Gasteiger partial charge in [0.25, 0.3) is 5.91 Å². The van der Waals surface area contributed by atoms with Gasteiger partial charge in [-0.2, -0.15) is 0 Å². The van der Waals surface area contributed by atoms with Crippen molar-refractivity contribution in [3.8, 4) is 0 Å². The third-order valence-corrected chi connectivity index (χ3v) is 7.11. The van der Waals surface area contributed by atoms with E-state index in [0.717, 1.165) is 37.1 Å². The van der Waals surface area contributed by atoms with E-state index >= 15 is 0 Å². The summed E-state index contributed by atoms with van der Waals surface area (Å²) in [5, 5.41) is 23.6. The topological polar surface area (TPSA) is 82.5 Å². The fraction of sp³-hybridized carbons (Fsp3) is 0.500. The number of aryl methyl sites for hydroxylation is 2. The normalized spacial score (nSPS) is 28.8. The van der Waals surface area contributed by atoms with Crippen LogP contribution in [-0.2, 0) is 11.8 Å². The first-order chi connectivity index (χ1) is 13.9. The highest BCUT2D eigenvalue weighted by atomic mass is 16.3. The standard InChI is InChI=1S/C24H30N2O3/c1-3-24-14-22(28)21(27)13-18(24)7-4-6-16-12-17(9-10-19(16)24)23(29)26-20-8-5-11-25-15(20)2/h5,8-12,18,21-22,27-28H,3-4,6-7,13-14H2,1-2H3,(H,26,29). The molecule has 2 aliphatic carbocycles. The molecule has 1 aromatic carbocycles. The predicted octanol–water partition coefficient (Wildman–Crippen LogP) is 3.76. The summed E-state index contributed by atoms with van der Waals surface area (Å²) in [6, 6.07) is 9.68. The molecule has 0 saturated heterocycles. The first-order valence-electron chi connectivity index (χ1n) is 10.7. The Labute approximate surface area is 172 Å². The van der Waals surface area contributed by atoms with Crippen molar-refractivity contribution >= 4 is 11.6 Å². The Balaban J connectivity index is 1.67. The highest BCUT2D eigenvalue weighted by Crippen LogP contribution is 2.51. The van der Waals surface area contributed by atoms with E-state index in [1.807, 2.05) is 31.2 Å². The number of hydrogen-bond donors (Lipinski definition) is 3. The Morgan fingerprint density at radius 1 is 1.28 bits per heavy atom. The number of aromatic nitrogens is 1. The van der Waals surface area contributed by atoms with Gasteiger partial charge < -0.3 is 15.5 Å². The first-order valence-corrected chi connectivity index (χ1v) is 10.7. The van der Waals surface area contributed by atoms with Gasteiger partial charge in [0.1, 0.15) is 0 Å². The van der Waals surface area contributed by atoms with Gasteiger partial charge in [-0.05, 0) is 86.8 Å². The lowest BCUT2D eigenvalue weighted by molar-refractivity contribution is -0.0611. The average Bonchev–Trinajstić information content (AvgIpc) is 2.86. The molecule has 0 spiro atoms. The SMILES string of the molecule is CCC12CC(O)C(O)CC1CCCc1cc(C(=O)Nc3cccnc3C)ccc12. The van der Waals surface area contributed by atoms with E-state index in [1.54, 1.807) is 6.20 Å². The molecule has 0 radical (unpaired) electrons. The van der Waals surface area contributed by atoms with Gasteiger partial charge >= 0.3 is 0 Å². The van der Waals surface area contributed by atoms with Gasteiger partial charge in [0, 0.05) is 17.2 Å². The molecule has 2 aromatic rings. The molecule has 0 bridgehead atoms. The van der Waals surface area contributed by atoms with Crippen molar-refractivity contribution in [1.82, 2.24) is 4.98 Å². The number of carbonyl (C=O) groups excluding carboxylic acids is 1. The van der Waals surface area contributed by atoms with Crippen LogP contribution in [-0.4, -0.2) is 33.3 Å². The molecule has 5 nitrogen and oxygen atoms in total. The largest absolute Gasteiger partial charge is 0.390 e. The minimum absolute atomic E-state index is 0.126. The van der Waals surface area contributed by atoms with Crippen molar-refractivity contribution in [3.05, 3.63) is 58.9 Å². The van der Waals surface area contributed by atoms with E-state index in [1.165, 1.54) is 11.1 Å². The summed E-state index contributed by atoms with van der Waals surface area (Å²) < 4.78 is 0. The summed E-state index contributed by atoms with van der Waals surface area (Å²) >= 11 is 0. The number of carbonyl (C=O) groups is 1. The van der Waals surface area contributed by atoms with E-state index in [0.29, 0.717) is 24.3 Å². The Morgan fingerprint density at radius 2 is 2.10 bits per heavy atom. The van der Waals surface area contributed by atoms with Crippen LogP contribution in [0.15, 0.2) is 36.5 Å². The Bertz CT molecular complexity index is 913. The average molecular weight is 395 g/mol. The number of aliphatic hydroxyl groups is 2. The molecule has 1 saturated carbocycles. The molecular weight excluding hydrogens is 364 g/mol. The van der Waals surface area contributed by atoms with E-state index in [9.17, 15) is 15.0 Å².